The number of para-hydroxylation sites is 2. The summed E-state index contributed by atoms with van der Waals surface area (Å²) in [5, 5.41) is 8.40. The van der Waals surface area contributed by atoms with E-state index < -0.39 is 0 Å². The molecule has 4 heterocycles. The third kappa shape index (κ3) is 3.46. The van der Waals surface area contributed by atoms with Crippen LogP contribution in [0.1, 0.15) is 11.7 Å². The van der Waals surface area contributed by atoms with Crippen molar-refractivity contribution in [3.8, 4) is 11.5 Å². The smallest absolute Gasteiger partial charge is 0.216 e. The molecule has 178 valence electrons. The second kappa shape index (κ2) is 8.46. The summed E-state index contributed by atoms with van der Waals surface area (Å²) in [5.74, 6) is 3.13. The molecule has 1 aromatic heterocycles. The minimum absolute atomic E-state index is 0.174. The van der Waals surface area contributed by atoms with Crippen molar-refractivity contribution in [3.05, 3.63) is 48.0 Å². The van der Waals surface area contributed by atoms with Gasteiger partial charge in [-0.3, -0.25) is 9.47 Å². The second-order valence-electron chi connectivity index (χ2n) is 8.89. The number of hydrazine groups is 1. The van der Waals surface area contributed by atoms with Crippen molar-refractivity contribution in [1.29, 1.82) is 0 Å². The Morgan fingerprint density at radius 2 is 1.74 bits per heavy atom. The fourth-order valence-corrected chi connectivity index (χ4v) is 4.97. The Kier molecular flexibility index (Phi) is 5.28. The Bertz CT molecular complexity index is 1230. The van der Waals surface area contributed by atoms with Crippen LogP contribution < -0.4 is 19.7 Å². The van der Waals surface area contributed by atoms with E-state index in [0.29, 0.717) is 24.8 Å². The minimum atomic E-state index is -0.174. The van der Waals surface area contributed by atoms with Gasteiger partial charge in [0.25, 0.3) is 0 Å². The summed E-state index contributed by atoms with van der Waals surface area (Å²) in [6, 6.07) is 14.3. The molecule has 1 unspecified atom stereocenters. The molecule has 34 heavy (non-hydrogen) atoms. The van der Waals surface area contributed by atoms with Crippen LogP contribution >= 0.6 is 0 Å². The molecule has 0 spiro atoms. The monoisotopic (exact) mass is 462 g/mol. The number of methoxy groups -OCH3 is 2. The normalized spacial score (nSPS) is 21.6. The highest BCUT2D eigenvalue weighted by Crippen LogP contribution is 2.37. The third-order valence-electron chi connectivity index (χ3n) is 6.89. The van der Waals surface area contributed by atoms with Crippen molar-refractivity contribution in [2.45, 2.75) is 6.17 Å². The number of imidazole rings is 1. The van der Waals surface area contributed by atoms with Crippen molar-refractivity contribution in [2.24, 2.45) is 4.99 Å². The molecule has 0 bridgehead atoms. The fraction of sp³-hybridized carbons (Fsp3) is 0.417. The van der Waals surface area contributed by atoms with Crippen LogP contribution in [-0.2, 0) is 0 Å². The van der Waals surface area contributed by atoms with E-state index in [9.17, 15) is 0 Å². The van der Waals surface area contributed by atoms with E-state index in [0.717, 1.165) is 54.7 Å². The van der Waals surface area contributed by atoms with Crippen LogP contribution in [0.4, 0.5) is 5.95 Å². The molecule has 3 aliphatic heterocycles. The molecule has 0 amide bonds. The lowest BCUT2D eigenvalue weighted by atomic mass is 10.1. The first-order chi connectivity index (χ1) is 16.7. The molecule has 0 radical (unpaired) electrons. The van der Waals surface area contributed by atoms with Gasteiger partial charge in [-0.05, 0) is 36.9 Å². The number of aromatic nitrogens is 2. The molecule has 10 heteroatoms. The van der Waals surface area contributed by atoms with E-state index in [1.54, 1.807) is 14.2 Å². The van der Waals surface area contributed by atoms with E-state index in [1.807, 2.05) is 18.2 Å². The number of benzene rings is 2. The van der Waals surface area contributed by atoms with Crippen LogP contribution in [0, 0.1) is 0 Å². The molecule has 3 aliphatic rings. The molecule has 1 N–H and O–H groups in total. The molecule has 3 aromatic rings. The second-order valence-corrected chi connectivity index (χ2v) is 8.89. The summed E-state index contributed by atoms with van der Waals surface area (Å²) in [6.07, 6.45) is -0.174. The number of aliphatic imine (C=N–C) groups is 1. The maximum atomic E-state index is 5.59. The molecule has 1 saturated heterocycles. The number of fused-ring (bicyclic) bond motifs is 5. The number of anilines is 1. The Hall–Kier alpha value is -3.34. The lowest BCUT2D eigenvalue weighted by Gasteiger charge is -2.46. The lowest BCUT2D eigenvalue weighted by Crippen LogP contribution is -2.62. The minimum Gasteiger partial charge on any atom is -0.493 e. The van der Waals surface area contributed by atoms with E-state index in [-0.39, 0.29) is 6.17 Å². The van der Waals surface area contributed by atoms with Gasteiger partial charge in [-0.2, -0.15) is 0 Å². The zero-order valence-electron chi connectivity index (χ0n) is 19.8. The van der Waals surface area contributed by atoms with Crippen LogP contribution in [0.25, 0.3) is 11.0 Å². The highest BCUT2D eigenvalue weighted by molar-refractivity contribution is 5.98. The number of rotatable bonds is 4. The number of hydrogen-bond donors (Lipinski definition) is 1. The lowest BCUT2D eigenvalue weighted by molar-refractivity contribution is -0.0528. The van der Waals surface area contributed by atoms with Gasteiger partial charge in [0.2, 0.25) is 11.9 Å². The first-order valence-corrected chi connectivity index (χ1v) is 11.6. The van der Waals surface area contributed by atoms with Crippen LogP contribution in [0.2, 0.25) is 0 Å². The molecule has 1 atom stereocenters. The molecule has 0 aliphatic carbocycles. The summed E-state index contributed by atoms with van der Waals surface area (Å²) in [4.78, 5) is 14.5. The van der Waals surface area contributed by atoms with Crippen LogP contribution in [0.3, 0.4) is 0 Å². The van der Waals surface area contributed by atoms with Gasteiger partial charge in [-0.1, -0.05) is 18.2 Å². The summed E-state index contributed by atoms with van der Waals surface area (Å²) >= 11 is 0. The number of ether oxygens (including phenoxy) is 2. The summed E-state index contributed by atoms with van der Waals surface area (Å²) < 4.78 is 13.3. The van der Waals surface area contributed by atoms with Gasteiger partial charge in [-0.25, -0.2) is 20.0 Å². The van der Waals surface area contributed by atoms with Crippen molar-refractivity contribution in [3.63, 3.8) is 0 Å². The summed E-state index contributed by atoms with van der Waals surface area (Å²) in [6.45, 7) is 5.47. The van der Waals surface area contributed by atoms with Gasteiger partial charge in [-0.15, -0.1) is 0 Å². The fourth-order valence-electron chi connectivity index (χ4n) is 4.97. The molecular formula is C24H30N8O2. The summed E-state index contributed by atoms with van der Waals surface area (Å²) in [7, 11) is 5.49. The SMILES string of the molecule is COc1ccc(C2NC3=NCN(N4CCN(C)CC4)CN3c3nc4ccccc4n32)cc1OC. The van der Waals surface area contributed by atoms with E-state index in [1.165, 1.54) is 0 Å². The maximum absolute atomic E-state index is 5.59. The number of piperazine rings is 1. The zero-order chi connectivity index (χ0) is 23.2. The van der Waals surface area contributed by atoms with Crippen LogP contribution in [-0.4, -0.2) is 91.2 Å². The van der Waals surface area contributed by atoms with E-state index in [2.05, 4.69) is 61.0 Å². The highest BCUT2D eigenvalue weighted by atomic mass is 16.5. The van der Waals surface area contributed by atoms with Gasteiger partial charge in [0, 0.05) is 26.2 Å². The van der Waals surface area contributed by atoms with Crippen molar-refractivity contribution in [1.82, 2.24) is 29.8 Å². The van der Waals surface area contributed by atoms with Gasteiger partial charge >= 0.3 is 0 Å². The van der Waals surface area contributed by atoms with Crippen LogP contribution in [0.15, 0.2) is 47.5 Å². The summed E-state index contributed by atoms with van der Waals surface area (Å²) in [5.41, 5.74) is 3.08. The Balaban J connectivity index is 1.41. The number of likely N-dealkylation sites (N-methyl/N-ethyl adjacent to an activating group) is 1. The number of nitrogens with one attached hydrogen (secondary N) is 1. The quantitative estimate of drug-likeness (QED) is 0.629. The zero-order valence-corrected chi connectivity index (χ0v) is 19.8. The third-order valence-corrected chi connectivity index (χ3v) is 6.89. The predicted octanol–water partition coefficient (Wildman–Crippen LogP) is 1.76. The Morgan fingerprint density at radius 3 is 2.53 bits per heavy atom. The van der Waals surface area contributed by atoms with Crippen LogP contribution in [0.5, 0.6) is 11.5 Å². The van der Waals surface area contributed by atoms with Gasteiger partial charge in [0.05, 0.1) is 31.9 Å². The van der Waals surface area contributed by atoms with E-state index >= 15 is 0 Å². The molecule has 1 fully saturated rings. The highest BCUT2D eigenvalue weighted by Gasteiger charge is 2.37. The average Bonchev–Trinajstić information content (AvgIpc) is 3.28. The predicted molar refractivity (Wildman–Crippen MR) is 131 cm³/mol. The molecular weight excluding hydrogens is 432 g/mol. The van der Waals surface area contributed by atoms with E-state index in [4.69, 9.17) is 19.5 Å². The van der Waals surface area contributed by atoms with Gasteiger partial charge in [0.15, 0.2) is 11.5 Å². The Morgan fingerprint density at radius 1 is 0.941 bits per heavy atom. The first kappa shape index (κ1) is 21.2. The topological polar surface area (TPSA) is 73.6 Å². The Labute approximate surface area is 198 Å². The maximum Gasteiger partial charge on any atom is 0.216 e. The molecule has 0 saturated carbocycles. The van der Waals surface area contributed by atoms with Crippen molar-refractivity contribution >= 4 is 22.9 Å². The van der Waals surface area contributed by atoms with Gasteiger partial charge in [0.1, 0.15) is 12.8 Å². The van der Waals surface area contributed by atoms with Crippen molar-refractivity contribution < 1.29 is 9.47 Å². The average molecular weight is 463 g/mol. The van der Waals surface area contributed by atoms with Gasteiger partial charge < -0.3 is 19.7 Å². The molecule has 10 nitrogen and oxygen atoms in total. The number of hydrogen-bond acceptors (Lipinski definition) is 9. The standard InChI is InChI=1S/C24H30N8O2/c1-28-10-12-29(13-11-28)30-15-25-23-27-22(17-8-9-20(33-2)21(14-17)34-3)32-19-7-5-4-6-18(19)26-24(32)31(23)16-30/h4-9,14,22H,10-13,15-16H2,1-3H3,(H,25,27). The molecule has 2 aromatic carbocycles. The first-order valence-electron chi connectivity index (χ1n) is 11.6. The largest absolute Gasteiger partial charge is 0.493 e. The van der Waals surface area contributed by atoms with Crippen molar-refractivity contribution in [2.75, 3.05) is 65.7 Å². The molecule has 6 rings (SSSR count). The number of nitrogens with zero attached hydrogens (tertiary/aromatic N) is 7. The number of guanidine groups is 1.